The normalized spacial score (nSPS) is 16.4. The van der Waals surface area contributed by atoms with Crippen LogP contribution in [0.3, 0.4) is 0 Å². The predicted molar refractivity (Wildman–Crippen MR) is 79.0 cm³/mol. The molecule has 0 spiro atoms. The monoisotopic (exact) mass is 268 g/mol. The van der Waals surface area contributed by atoms with Gasteiger partial charge in [0.15, 0.2) is 0 Å². The molecule has 4 nitrogen and oxygen atoms in total. The van der Waals surface area contributed by atoms with Crippen molar-refractivity contribution >= 4 is 17.3 Å². The van der Waals surface area contributed by atoms with Gasteiger partial charge >= 0.3 is 0 Å². The molecule has 0 aromatic heterocycles. The quantitative estimate of drug-likeness (QED) is 0.734. The third kappa shape index (κ3) is 2.32. The van der Waals surface area contributed by atoms with E-state index in [1.165, 1.54) is 0 Å². The van der Waals surface area contributed by atoms with Crippen molar-refractivity contribution in [2.24, 2.45) is 0 Å². The largest absolute Gasteiger partial charge is 0.506 e. The van der Waals surface area contributed by atoms with Crippen molar-refractivity contribution < 1.29 is 9.90 Å². The molecule has 102 valence electrons. The van der Waals surface area contributed by atoms with E-state index >= 15 is 0 Å². The number of hydrogen-bond acceptors (Lipinski definition) is 3. The molecule has 3 N–H and O–H groups in total. The van der Waals surface area contributed by atoms with E-state index in [0.29, 0.717) is 12.1 Å². The first kappa shape index (κ1) is 12.5. The molecule has 1 heterocycles. The number of aryl methyl sites for hydroxylation is 1. The number of rotatable bonds is 2. The predicted octanol–water partition coefficient (Wildman–Crippen LogP) is 2.68. The Balaban J connectivity index is 1.74. The first-order valence-corrected chi connectivity index (χ1v) is 6.58. The van der Waals surface area contributed by atoms with Crippen molar-refractivity contribution in [3.63, 3.8) is 0 Å². The molecule has 0 fully saturated rings. The number of carbonyl (C=O) groups excluding carboxylic acids is 1. The number of fused-ring (bicyclic) bond motifs is 1. The van der Waals surface area contributed by atoms with E-state index in [9.17, 15) is 9.90 Å². The van der Waals surface area contributed by atoms with Crippen LogP contribution in [0.5, 0.6) is 5.75 Å². The van der Waals surface area contributed by atoms with Gasteiger partial charge in [0.2, 0.25) is 5.91 Å². The maximum absolute atomic E-state index is 12.3. The van der Waals surface area contributed by atoms with Gasteiger partial charge in [-0.1, -0.05) is 24.3 Å². The van der Waals surface area contributed by atoms with Gasteiger partial charge in [0.1, 0.15) is 11.8 Å². The van der Waals surface area contributed by atoms with Gasteiger partial charge in [-0.15, -0.1) is 0 Å². The second kappa shape index (κ2) is 4.89. The molecular formula is C16H16N2O2. The number of phenols is 1. The summed E-state index contributed by atoms with van der Waals surface area (Å²) in [6, 6.07) is 12.7. The number of aromatic hydroxyl groups is 1. The van der Waals surface area contributed by atoms with Crippen molar-refractivity contribution in [1.29, 1.82) is 0 Å². The van der Waals surface area contributed by atoms with Crippen LogP contribution in [-0.4, -0.2) is 17.1 Å². The second-order valence-electron chi connectivity index (χ2n) is 5.07. The van der Waals surface area contributed by atoms with Crippen molar-refractivity contribution in [3.8, 4) is 5.75 Å². The lowest BCUT2D eigenvalue weighted by atomic mass is 10.1. The number of carbonyl (C=O) groups is 1. The van der Waals surface area contributed by atoms with Crippen LogP contribution < -0.4 is 10.6 Å². The maximum atomic E-state index is 12.3. The van der Waals surface area contributed by atoms with Gasteiger partial charge in [0.05, 0.1) is 5.69 Å². The van der Waals surface area contributed by atoms with Crippen LogP contribution in [0.15, 0.2) is 42.5 Å². The maximum Gasteiger partial charge on any atom is 0.247 e. The Hall–Kier alpha value is -2.49. The number of benzene rings is 2. The highest BCUT2D eigenvalue weighted by atomic mass is 16.3. The fourth-order valence-corrected chi connectivity index (χ4v) is 2.43. The Labute approximate surface area is 117 Å². The number of nitrogens with one attached hydrogen (secondary N) is 2. The molecule has 0 saturated carbocycles. The number of phenolic OH excluding ortho intramolecular Hbond substituents is 1. The molecule has 0 bridgehead atoms. The second-order valence-corrected chi connectivity index (χ2v) is 5.07. The zero-order chi connectivity index (χ0) is 14.1. The third-order valence-corrected chi connectivity index (χ3v) is 3.50. The summed E-state index contributed by atoms with van der Waals surface area (Å²) in [6.07, 6.45) is 0.661. The zero-order valence-electron chi connectivity index (χ0n) is 11.2. The Morgan fingerprint density at radius 3 is 2.90 bits per heavy atom. The van der Waals surface area contributed by atoms with Crippen LogP contribution in [0, 0.1) is 6.92 Å². The Kier molecular flexibility index (Phi) is 3.06. The summed E-state index contributed by atoms with van der Waals surface area (Å²) in [7, 11) is 0. The number of hydrogen-bond donors (Lipinski definition) is 3. The van der Waals surface area contributed by atoms with Crippen LogP contribution in [0.4, 0.5) is 11.4 Å². The third-order valence-electron chi connectivity index (χ3n) is 3.50. The van der Waals surface area contributed by atoms with Gasteiger partial charge in [-0.2, -0.15) is 0 Å². The Morgan fingerprint density at radius 1 is 1.30 bits per heavy atom. The molecule has 1 aliphatic heterocycles. The summed E-state index contributed by atoms with van der Waals surface area (Å²) in [5, 5.41) is 15.7. The Morgan fingerprint density at radius 2 is 2.10 bits per heavy atom. The zero-order valence-corrected chi connectivity index (χ0v) is 11.2. The highest BCUT2D eigenvalue weighted by molar-refractivity contribution is 5.99. The molecule has 2 aromatic rings. The number of amides is 1. The molecule has 1 aliphatic rings. The van der Waals surface area contributed by atoms with E-state index in [4.69, 9.17) is 0 Å². The minimum absolute atomic E-state index is 0.0828. The van der Waals surface area contributed by atoms with E-state index < -0.39 is 0 Å². The minimum atomic E-state index is -0.299. The molecule has 0 saturated heterocycles. The van der Waals surface area contributed by atoms with Crippen LogP contribution in [-0.2, 0) is 11.2 Å². The highest BCUT2D eigenvalue weighted by Crippen LogP contribution is 2.28. The summed E-state index contributed by atoms with van der Waals surface area (Å²) in [6.45, 7) is 1.92. The van der Waals surface area contributed by atoms with Crippen molar-refractivity contribution in [3.05, 3.63) is 53.6 Å². The molecule has 1 atom stereocenters. The smallest absolute Gasteiger partial charge is 0.247 e. The molecule has 1 unspecified atom stereocenters. The fraction of sp³-hybridized carbons (Fsp3) is 0.188. The lowest BCUT2D eigenvalue weighted by Gasteiger charge is -2.13. The van der Waals surface area contributed by atoms with E-state index in [2.05, 4.69) is 10.6 Å². The minimum Gasteiger partial charge on any atom is -0.506 e. The molecule has 3 rings (SSSR count). The molecule has 2 aromatic carbocycles. The SMILES string of the molecule is Cc1ccc(O)c(NC(=O)C2Cc3ccccc3N2)c1. The molecule has 20 heavy (non-hydrogen) atoms. The fourth-order valence-electron chi connectivity index (χ4n) is 2.43. The summed E-state index contributed by atoms with van der Waals surface area (Å²) >= 11 is 0. The molecule has 0 aliphatic carbocycles. The summed E-state index contributed by atoms with van der Waals surface area (Å²) in [4.78, 5) is 12.3. The molecular weight excluding hydrogens is 252 g/mol. The van der Waals surface area contributed by atoms with Crippen LogP contribution >= 0.6 is 0 Å². The average Bonchev–Trinajstić information content (AvgIpc) is 2.87. The Bertz CT molecular complexity index is 642. The van der Waals surface area contributed by atoms with Gasteiger partial charge in [0, 0.05) is 12.1 Å². The van der Waals surface area contributed by atoms with Crippen LogP contribution in [0.1, 0.15) is 11.1 Å². The van der Waals surface area contributed by atoms with Gasteiger partial charge in [-0.3, -0.25) is 4.79 Å². The first-order valence-electron chi connectivity index (χ1n) is 6.58. The van der Waals surface area contributed by atoms with Crippen molar-refractivity contribution in [2.45, 2.75) is 19.4 Å². The number of anilines is 2. The topological polar surface area (TPSA) is 61.4 Å². The molecule has 0 radical (unpaired) electrons. The van der Waals surface area contributed by atoms with Crippen LogP contribution in [0.2, 0.25) is 0 Å². The lowest BCUT2D eigenvalue weighted by molar-refractivity contribution is -0.116. The van der Waals surface area contributed by atoms with E-state index in [1.54, 1.807) is 18.2 Å². The molecule has 1 amide bonds. The van der Waals surface area contributed by atoms with E-state index in [-0.39, 0.29) is 17.7 Å². The molecule has 4 heteroatoms. The first-order chi connectivity index (χ1) is 9.63. The van der Waals surface area contributed by atoms with Gasteiger partial charge in [0.25, 0.3) is 0 Å². The summed E-state index contributed by atoms with van der Waals surface area (Å²) in [5.41, 5.74) is 3.58. The number of para-hydroxylation sites is 1. The van der Waals surface area contributed by atoms with Crippen molar-refractivity contribution in [1.82, 2.24) is 0 Å². The standard InChI is InChI=1S/C16H16N2O2/c1-10-6-7-15(19)13(8-10)18-16(20)14-9-11-4-2-3-5-12(11)17-14/h2-8,14,17,19H,9H2,1H3,(H,18,20). The van der Waals surface area contributed by atoms with Gasteiger partial charge in [-0.25, -0.2) is 0 Å². The lowest BCUT2D eigenvalue weighted by Crippen LogP contribution is -2.32. The van der Waals surface area contributed by atoms with E-state index in [1.807, 2.05) is 31.2 Å². The summed E-state index contributed by atoms with van der Waals surface area (Å²) < 4.78 is 0. The van der Waals surface area contributed by atoms with E-state index in [0.717, 1.165) is 16.8 Å². The highest BCUT2D eigenvalue weighted by Gasteiger charge is 2.26. The summed E-state index contributed by atoms with van der Waals surface area (Å²) in [5.74, 6) is -0.0541. The van der Waals surface area contributed by atoms with Crippen molar-refractivity contribution in [2.75, 3.05) is 10.6 Å². The van der Waals surface area contributed by atoms with Crippen LogP contribution in [0.25, 0.3) is 0 Å². The van der Waals surface area contributed by atoms with Gasteiger partial charge < -0.3 is 15.7 Å². The average molecular weight is 268 g/mol. The van der Waals surface area contributed by atoms with Gasteiger partial charge in [-0.05, 0) is 36.2 Å².